The number of hydrogen-bond donors (Lipinski definition) is 0. The van der Waals surface area contributed by atoms with Gasteiger partial charge in [-0.05, 0) is 30.9 Å². The van der Waals surface area contributed by atoms with Gasteiger partial charge < -0.3 is 14.5 Å². The number of fused-ring (bicyclic) bond motifs is 1. The molecule has 1 aliphatic heterocycles. The maximum absolute atomic E-state index is 13.3. The first kappa shape index (κ1) is 23.3. The highest BCUT2D eigenvalue weighted by molar-refractivity contribution is 5.99. The molecule has 32 heavy (non-hydrogen) atoms. The number of carbonyl (C=O) groups excluding carboxylic acids is 3. The Kier molecular flexibility index (Phi) is 8.21. The Morgan fingerprint density at radius 2 is 1.69 bits per heavy atom. The van der Waals surface area contributed by atoms with Gasteiger partial charge in [-0.1, -0.05) is 31.0 Å². The summed E-state index contributed by atoms with van der Waals surface area (Å²) >= 11 is 0. The number of esters is 1. The zero-order valence-electron chi connectivity index (χ0n) is 18.2. The molecule has 0 saturated heterocycles. The van der Waals surface area contributed by atoms with Gasteiger partial charge in [0, 0.05) is 25.3 Å². The second kappa shape index (κ2) is 11.3. The Bertz CT molecular complexity index is 915. The lowest BCUT2D eigenvalue weighted by atomic mass is 9.78. The lowest BCUT2D eigenvalue weighted by Crippen LogP contribution is -2.43. The lowest BCUT2D eigenvalue weighted by Gasteiger charge is -2.32. The maximum atomic E-state index is 13.3. The summed E-state index contributed by atoms with van der Waals surface area (Å²) in [6, 6.07) is 11.8. The topological polar surface area (TPSA) is 114 Å². The molecule has 1 aromatic rings. The van der Waals surface area contributed by atoms with Crippen LogP contribution in [0.5, 0.6) is 0 Å². The Morgan fingerprint density at radius 1 is 1.03 bits per heavy atom. The quantitative estimate of drug-likeness (QED) is 0.579. The minimum absolute atomic E-state index is 0.0485. The second-order valence-electron chi connectivity index (χ2n) is 8.17. The van der Waals surface area contributed by atoms with Crippen LogP contribution in [0.25, 0.3) is 0 Å². The van der Waals surface area contributed by atoms with Crippen LogP contribution in [0.4, 0.5) is 5.69 Å². The zero-order valence-corrected chi connectivity index (χ0v) is 18.2. The Hall–Kier alpha value is -3.39. The molecule has 1 heterocycles. The van der Waals surface area contributed by atoms with Crippen LogP contribution in [0.3, 0.4) is 0 Å². The zero-order chi connectivity index (χ0) is 22.9. The molecule has 1 saturated carbocycles. The van der Waals surface area contributed by atoms with Gasteiger partial charge in [0.15, 0.2) is 6.61 Å². The summed E-state index contributed by atoms with van der Waals surface area (Å²) in [4.78, 5) is 41.8. The molecule has 0 spiro atoms. The molecule has 0 N–H and O–H groups in total. The van der Waals surface area contributed by atoms with Crippen LogP contribution in [-0.2, 0) is 25.5 Å². The van der Waals surface area contributed by atoms with Crippen LogP contribution in [0.2, 0.25) is 0 Å². The molecule has 0 radical (unpaired) electrons. The van der Waals surface area contributed by atoms with Crippen molar-refractivity contribution in [2.75, 3.05) is 31.1 Å². The minimum atomic E-state index is -0.566. The van der Waals surface area contributed by atoms with E-state index in [4.69, 9.17) is 15.3 Å². The monoisotopic (exact) mass is 436 g/mol. The Labute approximate surface area is 188 Å². The van der Waals surface area contributed by atoms with E-state index in [0.717, 1.165) is 30.5 Å². The van der Waals surface area contributed by atoms with Gasteiger partial charge in [-0.25, -0.2) is 0 Å². The highest BCUT2D eigenvalue weighted by Crippen LogP contribution is 2.36. The number of amides is 2. The van der Waals surface area contributed by atoms with Gasteiger partial charge in [0.05, 0.1) is 36.8 Å². The molecule has 168 valence electrons. The molecule has 2 amide bonds. The highest BCUT2D eigenvalue weighted by atomic mass is 16.5. The van der Waals surface area contributed by atoms with Gasteiger partial charge in [-0.3, -0.25) is 14.4 Å². The predicted molar refractivity (Wildman–Crippen MR) is 116 cm³/mol. The summed E-state index contributed by atoms with van der Waals surface area (Å²) in [6.45, 7) is 0.544. The summed E-state index contributed by atoms with van der Waals surface area (Å²) in [5.41, 5.74) is 2.05. The number of benzene rings is 1. The second-order valence-corrected chi connectivity index (χ2v) is 8.17. The number of nitrogens with zero attached hydrogens (tertiary/aromatic N) is 4. The fraction of sp³-hybridized carbons (Fsp3) is 0.542. The van der Waals surface area contributed by atoms with Crippen molar-refractivity contribution < 1.29 is 19.1 Å². The third-order valence-electron chi connectivity index (χ3n) is 6.22. The van der Waals surface area contributed by atoms with E-state index in [1.165, 1.54) is 4.90 Å². The largest absolute Gasteiger partial charge is 0.455 e. The molecule has 8 nitrogen and oxygen atoms in total. The van der Waals surface area contributed by atoms with Crippen molar-refractivity contribution in [1.82, 2.24) is 4.90 Å². The van der Waals surface area contributed by atoms with Gasteiger partial charge in [0.2, 0.25) is 5.91 Å². The predicted octanol–water partition coefficient (Wildman–Crippen LogP) is 2.58. The van der Waals surface area contributed by atoms with Crippen molar-refractivity contribution in [2.45, 2.75) is 44.9 Å². The van der Waals surface area contributed by atoms with Gasteiger partial charge >= 0.3 is 5.97 Å². The molecule has 2 atom stereocenters. The molecule has 0 bridgehead atoms. The molecule has 2 unspecified atom stereocenters. The maximum Gasteiger partial charge on any atom is 0.310 e. The van der Waals surface area contributed by atoms with Crippen molar-refractivity contribution in [1.29, 1.82) is 10.5 Å². The number of rotatable bonds is 8. The molecule has 1 fully saturated rings. The molecule has 1 aromatic carbocycles. The average molecular weight is 437 g/mol. The minimum Gasteiger partial charge on any atom is -0.455 e. The summed E-state index contributed by atoms with van der Waals surface area (Å²) < 4.78 is 5.33. The summed E-state index contributed by atoms with van der Waals surface area (Å²) in [7, 11) is 0. The van der Waals surface area contributed by atoms with E-state index < -0.39 is 30.3 Å². The number of nitriles is 2. The van der Waals surface area contributed by atoms with Gasteiger partial charge in [-0.2, -0.15) is 10.5 Å². The fourth-order valence-corrected chi connectivity index (χ4v) is 4.54. The molecule has 0 aromatic heterocycles. The fourth-order valence-electron chi connectivity index (χ4n) is 4.54. The van der Waals surface area contributed by atoms with E-state index in [0.29, 0.717) is 19.4 Å². The van der Waals surface area contributed by atoms with Crippen LogP contribution >= 0.6 is 0 Å². The number of carbonyl (C=O) groups is 3. The van der Waals surface area contributed by atoms with Crippen LogP contribution in [0.1, 0.15) is 44.1 Å². The molecule has 8 heteroatoms. The van der Waals surface area contributed by atoms with E-state index >= 15 is 0 Å². The van der Waals surface area contributed by atoms with Crippen molar-refractivity contribution in [3.05, 3.63) is 29.8 Å². The summed E-state index contributed by atoms with van der Waals surface area (Å²) in [6.07, 6.45) is 3.99. The Morgan fingerprint density at radius 3 is 2.38 bits per heavy atom. The third kappa shape index (κ3) is 5.45. The molecule has 1 aliphatic carbocycles. The Balaban J connectivity index is 1.62. The van der Waals surface area contributed by atoms with Gasteiger partial charge in [-0.15, -0.1) is 0 Å². The normalized spacial score (nSPS) is 19.4. The van der Waals surface area contributed by atoms with E-state index in [1.807, 2.05) is 36.4 Å². The van der Waals surface area contributed by atoms with Crippen molar-refractivity contribution in [3.8, 4) is 12.1 Å². The van der Waals surface area contributed by atoms with Crippen LogP contribution < -0.4 is 4.90 Å². The van der Waals surface area contributed by atoms with Crippen molar-refractivity contribution >= 4 is 23.5 Å². The number of hydrogen-bond acceptors (Lipinski definition) is 6. The van der Waals surface area contributed by atoms with Crippen LogP contribution in [-0.4, -0.2) is 48.9 Å². The first-order valence-electron chi connectivity index (χ1n) is 11.1. The molecular formula is C24H28N4O4. The molecular weight excluding hydrogens is 408 g/mol. The van der Waals surface area contributed by atoms with E-state index in [-0.39, 0.29) is 31.8 Å². The first-order chi connectivity index (χ1) is 15.6. The molecule has 2 aliphatic rings. The highest BCUT2D eigenvalue weighted by Gasteiger charge is 2.40. The van der Waals surface area contributed by atoms with Gasteiger partial charge in [0.1, 0.15) is 0 Å². The molecule has 3 rings (SSSR count). The smallest absolute Gasteiger partial charge is 0.310 e. The van der Waals surface area contributed by atoms with E-state index in [9.17, 15) is 14.4 Å². The van der Waals surface area contributed by atoms with Crippen molar-refractivity contribution in [3.63, 3.8) is 0 Å². The van der Waals surface area contributed by atoms with E-state index in [2.05, 4.69) is 0 Å². The van der Waals surface area contributed by atoms with Crippen LogP contribution in [0.15, 0.2) is 24.3 Å². The standard InChI is InChI=1S/C24H28N4O4/c25-12-5-14-27(15-6-13-26)22(29)17-32-24(31)20-9-3-2-8-19(20)23(30)28-16-11-18-7-1-4-10-21(18)28/h1,4,7,10,19-20H,2-3,5-6,8-9,11,14-17H2. The summed E-state index contributed by atoms with van der Waals surface area (Å²) in [5.74, 6) is -2.03. The van der Waals surface area contributed by atoms with Gasteiger partial charge in [0.25, 0.3) is 5.91 Å². The SMILES string of the molecule is N#CCCN(CCC#N)C(=O)COC(=O)C1CCCCC1C(=O)N1CCc2ccccc21. The number of anilines is 1. The first-order valence-corrected chi connectivity index (χ1v) is 11.1. The average Bonchev–Trinajstić information content (AvgIpc) is 3.26. The van der Waals surface area contributed by atoms with E-state index in [1.54, 1.807) is 4.90 Å². The van der Waals surface area contributed by atoms with Crippen LogP contribution in [0, 0.1) is 34.5 Å². The summed E-state index contributed by atoms with van der Waals surface area (Å²) in [5, 5.41) is 17.5. The third-order valence-corrected chi connectivity index (χ3v) is 6.22. The number of para-hydroxylation sites is 1. The number of ether oxygens (including phenoxy) is 1. The van der Waals surface area contributed by atoms with Crippen molar-refractivity contribution in [2.24, 2.45) is 11.8 Å². The lowest BCUT2D eigenvalue weighted by molar-refractivity contribution is -0.159.